The molecule has 0 unspecified atom stereocenters. The maximum Gasteiger partial charge on any atom is 0.174 e. The zero-order valence-corrected chi connectivity index (χ0v) is 10.2. The van der Waals surface area contributed by atoms with Gasteiger partial charge in [-0.15, -0.1) is 0 Å². The molecule has 1 N–H and O–H groups in total. The van der Waals surface area contributed by atoms with Crippen LogP contribution in [0, 0.1) is 0 Å². The summed E-state index contributed by atoms with van der Waals surface area (Å²) in [4.78, 5) is 0. The van der Waals surface area contributed by atoms with Crippen molar-refractivity contribution in [3.63, 3.8) is 0 Å². The van der Waals surface area contributed by atoms with Gasteiger partial charge in [0.1, 0.15) is 12.4 Å². The van der Waals surface area contributed by atoms with Crippen molar-refractivity contribution < 1.29 is 9.26 Å². The van der Waals surface area contributed by atoms with E-state index in [0.717, 1.165) is 12.1 Å². The third kappa shape index (κ3) is 3.22. The van der Waals surface area contributed by atoms with Gasteiger partial charge in [-0.3, -0.25) is 0 Å². The summed E-state index contributed by atoms with van der Waals surface area (Å²) in [6.45, 7) is 1.10. The topological polar surface area (TPSA) is 47.3 Å². The summed E-state index contributed by atoms with van der Waals surface area (Å²) < 4.78 is 10.5. The van der Waals surface area contributed by atoms with Gasteiger partial charge in [0, 0.05) is 12.6 Å². The highest BCUT2D eigenvalue weighted by molar-refractivity contribution is 6.32. The molecule has 4 nitrogen and oxygen atoms in total. The van der Waals surface area contributed by atoms with E-state index in [-0.39, 0.29) is 0 Å². The number of benzene rings is 1. The Morgan fingerprint density at radius 3 is 2.94 bits per heavy atom. The van der Waals surface area contributed by atoms with E-state index >= 15 is 0 Å². The van der Waals surface area contributed by atoms with Crippen LogP contribution in [0.5, 0.6) is 5.75 Å². The molecule has 2 rings (SSSR count). The largest absolute Gasteiger partial charge is 0.484 e. The highest BCUT2D eigenvalue weighted by Crippen LogP contribution is 2.26. The molecule has 0 saturated carbocycles. The average molecular weight is 253 g/mol. The van der Waals surface area contributed by atoms with Crippen LogP contribution in [-0.2, 0) is 13.2 Å². The third-order valence-electron chi connectivity index (χ3n) is 2.24. The van der Waals surface area contributed by atoms with Crippen LogP contribution in [0.2, 0.25) is 5.02 Å². The predicted octanol–water partition coefficient (Wildman–Crippen LogP) is 2.63. The van der Waals surface area contributed by atoms with Gasteiger partial charge in [-0.2, -0.15) is 0 Å². The van der Waals surface area contributed by atoms with Gasteiger partial charge in [0.15, 0.2) is 5.76 Å². The minimum atomic E-state index is 0.324. The van der Waals surface area contributed by atoms with Gasteiger partial charge in [0.05, 0.1) is 11.2 Å². The normalized spacial score (nSPS) is 10.5. The SMILES string of the molecule is CNCc1ccc(OCc2ccno2)c(Cl)c1. The average Bonchev–Trinajstić information content (AvgIpc) is 2.81. The number of nitrogens with one attached hydrogen (secondary N) is 1. The Kier molecular flexibility index (Phi) is 4.01. The van der Waals surface area contributed by atoms with Crippen LogP contribution in [0.4, 0.5) is 0 Å². The molecular weight excluding hydrogens is 240 g/mol. The first kappa shape index (κ1) is 12.0. The van der Waals surface area contributed by atoms with Crippen molar-refractivity contribution in [2.75, 3.05) is 7.05 Å². The molecule has 0 aliphatic rings. The van der Waals surface area contributed by atoms with E-state index in [0.29, 0.717) is 23.1 Å². The van der Waals surface area contributed by atoms with Crippen molar-refractivity contribution in [2.24, 2.45) is 0 Å². The Morgan fingerprint density at radius 1 is 1.41 bits per heavy atom. The van der Waals surface area contributed by atoms with Crippen molar-refractivity contribution in [3.8, 4) is 5.75 Å². The summed E-state index contributed by atoms with van der Waals surface area (Å²) in [5, 5.41) is 7.26. The van der Waals surface area contributed by atoms with Gasteiger partial charge in [-0.25, -0.2) is 0 Å². The number of nitrogens with zero attached hydrogens (tertiary/aromatic N) is 1. The van der Waals surface area contributed by atoms with Crippen LogP contribution in [0.15, 0.2) is 35.0 Å². The standard InChI is InChI=1S/C12H13ClN2O2/c1-14-7-9-2-3-12(11(13)6-9)16-8-10-4-5-15-17-10/h2-6,14H,7-8H2,1H3. The monoisotopic (exact) mass is 252 g/mol. The van der Waals surface area contributed by atoms with Gasteiger partial charge < -0.3 is 14.6 Å². The maximum atomic E-state index is 6.11. The van der Waals surface area contributed by atoms with Crippen LogP contribution in [0.1, 0.15) is 11.3 Å². The minimum Gasteiger partial charge on any atom is -0.484 e. The Labute approximate surface area is 105 Å². The van der Waals surface area contributed by atoms with E-state index in [9.17, 15) is 0 Å². The van der Waals surface area contributed by atoms with Gasteiger partial charge in [-0.05, 0) is 24.7 Å². The zero-order valence-electron chi connectivity index (χ0n) is 9.44. The quantitative estimate of drug-likeness (QED) is 0.889. The Bertz CT molecular complexity index is 471. The van der Waals surface area contributed by atoms with Crippen LogP contribution in [0.25, 0.3) is 0 Å². The lowest BCUT2D eigenvalue weighted by atomic mass is 10.2. The molecule has 1 aromatic carbocycles. The fraction of sp³-hybridized carbons (Fsp3) is 0.250. The number of hydrogen-bond acceptors (Lipinski definition) is 4. The van der Waals surface area contributed by atoms with Gasteiger partial charge in [0.2, 0.25) is 0 Å². The number of halogens is 1. The fourth-order valence-electron chi connectivity index (χ4n) is 1.44. The van der Waals surface area contributed by atoms with Crippen LogP contribution in [-0.4, -0.2) is 12.2 Å². The molecule has 0 bridgehead atoms. The molecule has 0 radical (unpaired) electrons. The van der Waals surface area contributed by atoms with E-state index in [2.05, 4.69) is 10.5 Å². The summed E-state index contributed by atoms with van der Waals surface area (Å²) in [5.41, 5.74) is 1.12. The van der Waals surface area contributed by atoms with E-state index in [4.69, 9.17) is 20.9 Å². The molecule has 1 aromatic heterocycles. The van der Waals surface area contributed by atoms with Gasteiger partial charge >= 0.3 is 0 Å². The summed E-state index contributed by atoms with van der Waals surface area (Å²) in [7, 11) is 1.89. The fourth-order valence-corrected chi connectivity index (χ4v) is 1.70. The zero-order chi connectivity index (χ0) is 12.1. The molecule has 0 spiro atoms. The Balaban J connectivity index is 2.01. The highest BCUT2D eigenvalue weighted by Gasteiger charge is 2.04. The van der Waals surface area contributed by atoms with E-state index in [1.165, 1.54) is 0 Å². The first-order valence-corrected chi connectivity index (χ1v) is 5.63. The lowest BCUT2D eigenvalue weighted by Crippen LogP contribution is -2.05. The van der Waals surface area contributed by atoms with E-state index in [1.54, 1.807) is 12.3 Å². The van der Waals surface area contributed by atoms with E-state index in [1.807, 2.05) is 25.2 Å². The second kappa shape index (κ2) is 5.70. The number of ether oxygens (including phenoxy) is 1. The molecule has 5 heteroatoms. The molecule has 0 amide bonds. The number of aromatic nitrogens is 1. The summed E-state index contributed by atoms with van der Waals surface area (Å²) in [6.07, 6.45) is 1.58. The smallest absolute Gasteiger partial charge is 0.174 e. The molecule has 90 valence electrons. The molecule has 0 atom stereocenters. The van der Waals surface area contributed by atoms with Gasteiger partial charge in [-0.1, -0.05) is 22.8 Å². The predicted molar refractivity (Wildman–Crippen MR) is 65.1 cm³/mol. The van der Waals surface area contributed by atoms with E-state index < -0.39 is 0 Å². The van der Waals surface area contributed by atoms with Gasteiger partial charge in [0.25, 0.3) is 0 Å². The van der Waals surface area contributed by atoms with Crippen LogP contribution in [0.3, 0.4) is 0 Å². The molecule has 0 saturated heterocycles. The Morgan fingerprint density at radius 2 is 2.29 bits per heavy atom. The van der Waals surface area contributed by atoms with Crippen molar-refractivity contribution in [3.05, 3.63) is 46.8 Å². The van der Waals surface area contributed by atoms with Crippen LogP contribution < -0.4 is 10.1 Å². The molecule has 17 heavy (non-hydrogen) atoms. The van der Waals surface area contributed by atoms with Crippen LogP contribution >= 0.6 is 11.6 Å². The summed E-state index contributed by atoms with van der Waals surface area (Å²) in [5.74, 6) is 1.31. The maximum absolute atomic E-state index is 6.11. The summed E-state index contributed by atoms with van der Waals surface area (Å²) in [6, 6.07) is 7.46. The molecule has 2 aromatic rings. The highest BCUT2D eigenvalue weighted by atomic mass is 35.5. The third-order valence-corrected chi connectivity index (χ3v) is 2.53. The lowest BCUT2D eigenvalue weighted by molar-refractivity contribution is 0.249. The van der Waals surface area contributed by atoms with Crippen molar-refractivity contribution >= 4 is 11.6 Å². The number of rotatable bonds is 5. The molecule has 1 heterocycles. The summed E-state index contributed by atoms with van der Waals surface area (Å²) >= 11 is 6.11. The first-order valence-electron chi connectivity index (χ1n) is 5.25. The number of hydrogen-bond donors (Lipinski definition) is 1. The molecule has 0 aliphatic carbocycles. The van der Waals surface area contributed by atoms with Crippen molar-refractivity contribution in [1.82, 2.24) is 10.5 Å². The van der Waals surface area contributed by atoms with Crippen molar-refractivity contribution in [1.29, 1.82) is 0 Å². The molecule has 0 aliphatic heterocycles. The molecule has 0 fully saturated rings. The second-order valence-corrected chi connectivity index (χ2v) is 3.97. The first-order chi connectivity index (χ1) is 8.29. The Hall–Kier alpha value is -1.52. The second-order valence-electron chi connectivity index (χ2n) is 3.56. The molecular formula is C12H13ClN2O2. The minimum absolute atomic E-state index is 0.324. The lowest BCUT2D eigenvalue weighted by Gasteiger charge is -2.08. The van der Waals surface area contributed by atoms with Crippen molar-refractivity contribution in [2.45, 2.75) is 13.2 Å².